The number of anilines is 4. The first-order valence-electron chi connectivity index (χ1n) is 13.9. The molecule has 0 aromatic carbocycles. The highest BCUT2D eigenvalue weighted by atomic mass is 32.2. The van der Waals surface area contributed by atoms with E-state index in [1.54, 1.807) is 19.2 Å². The van der Waals surface area contributed by atoms with Gasteiger partial charge in [0.2, 0.25) is 5.95 Å². The van der Waals surface area contributed by atoms with Crippen molar-refractivity contribution in [3.8, 4) is 0 Å². The number of piperidine rings is 1. The van der Waals surface area contributed by atoms with E-state index in [0.29, 0.717) is 18.2 Å². The van der Waals surface area contributed by atoms with E-state index in [4.69, 9.17) is 4.98 Å². The van der Waals surface area contributed by atoms with Gasteiger partial charge in [0.15, 0.2) is 0 Å². The first-order chi connectivity index (χ1) is 19.2. The molecule has 2 aliphatic heterocycles. The Kier molecular flexibility index (Phi) is 7.56. The monoisotopic (exact) mass is 589 g/mol. The number of rotatable bonds is 8. The largest absolute Gasteiger partial charge is 0.384 e. The van der Waals surface area contributed by atoms with Gasteiger partial charge < -0.3 is 20.2 Å². The molecule has 10 nitrogen and oxygen atoms in total. The molecule has 0 spiro atoms. The molecule has 0 bridgehead atoms. The molecule has 2 aliphatic rings. The summed E-state index contributed by atoms with van der Waals surface area (Å²) in [6.07, 6.45) is 5.01. The highest BCUT2D eigenvalue weighted by Crippen LogP contribution is 2.39. The van der Waals surface area contributed by atoms with E-state index in [1.807, 2.05) is 19.2 Å². The number of nitrogens with zero attached hydrogens (tertiary/aromatic N) is 6. The summed E-state index contributed by atoms with van der Waals surface area (Å²) in [7, 11) is -3.06. The standard InChI is InChI=1S/C28H37F2N7O3S/c1-6-41(39,40)15-19-14-37(18(19)4)22-13-33-25(17(2)3)20-11-24(32-12-21(20)22)34-23-7-9-31-26(35-23)36-10-8-27(5,38)28(29,30)16-36/h7,9,11-13,17-19,38H,6,8,10,14-16H2,1-5H3,(H,31,32,34,35)/t18-,19-,27+/m1/s1. The normalized spacial score (nSPS) is 24.5. The van der Waals surface area contributed by atoms with Gasteiger partial charge in [0.25, 0.3) is 5.92 Å². The highest BCUT2D eigenvalue weighted by Gasteiger charge is 2.53. The van der Waals surface area contributed by atoms with E-state index in [0.717, 1.165) is 29.1 Å². The van der Waals surface area contributed by atoms with Crippen LogP contribution in [0.4, 0.5) is 32.1 Å². The lowest BCUT2D eigenvalue weighted by Gasteiger charge is -2.48. The minimum absolute atomic E-state index is 0.0503. The number of nitrogens with one attached hydrogen (secondary N) is 1. The molecular weight excluding hydrogens is 552 g/mol. The molecular formula is C28H37F2N7O3S. The van der Waals surface area contributed by atoms with Gasteiger partial charge >= 0.3 is 0 Å². The first-order valence-corrected chi connectivity index (χ1v) is 15.7. The molecule has 3 aromatic rings. The van der Waals surface area contributed by atoms with Crippen molar-refractivity contribution in [2.45, 2.75) is 64.5 Å². The zero-order chi connectivity index (χ0) is 29.7. The van der Waals surface area contributed by atoms with E-state index in [1.165, 1.54) is 11.1 Å². The fraction of sp³-hybridized carbons (Fsp3) is 0.571. The average Bonchev–Trinajstić information content (AvgIpc) is 2.91. The van der Waals surface area contributed by atoms with Gasteiger partial charge in [-0.3, -0.25) is 4.98 Å². The molecule has 0 aliphatic carbocycles. The van der Waals surface area contributed by atoms with E-state index < -0.39 is 27.9 Å². The smallest absolute Gasteiger partial charge is 0.293 e. The molecule has 3 aromatic heterocycles. The molecule has 0 saturated carbocycles. The summed E-state index contributed by atoms with van der Waals surface area (Å²) in [4.78, 5) is 21.6. The van der Waals surface area contributed by atoms with Crippen LogP contribution in [-0.2, 0) is 9.84 Å². The Labute approximate surface area is 239 Å². The maximum Gasteiger partial charge on any atom is 0.293 e. The topological polar surface area (TPSA) is 124 Å². The molecule has 41 heavy (non-hydrogen) atoms. The Morgan fingerprint density at radius 1 is 1.17 bits per heavy atom. The predicted octanol–water partition coefficient (Wildman–Crippen LogP) is 4.14. The number of alkyl halides is 2. The van der Waals surface area contributed by atoms with Crippen LogP contribution in [0.5, 0.6) is 0 Å². The number of hydrogen-bond donors (Lipinski definition) is 2. The summed E-state index contributed by atoms with van der Waals surface area (Å²) in [5.74, 6) is -1.72. The van der Waals surface area contributed by atoms with Gasteiger partial charge in [0.1, 0.15) is 27.1 Å². The number of hydrogen-bond acceptors (Lipinski definition) is 10. The van der Waals surface area contributed by atoms with Crippen LogP contribution in [0, 0.1) is 5.92 Å². The third-order valence-corrected chi connectivity index (χ3v) is 10.2. The maximum absolute atomic E-state index is 14.5. The van der Waals surface area contributed by atoms with Gasteiger partial charge in [-0.25, -0.2) is 27.2 Å². The summed E-state index contributed by atoms with van der Waals surface area (Å²) in [6, 6.07) is 3.59. The summed E-state index contributed by atoms with van der Waals surface area (Å²) in [5.41, 5.74) is -0.261. The molecule has 5 rings (SSSR count). The van der Waals surface area contributed by atoms with Crippen molar-refractivity contribution >= 4 is 43.9 Å². The molecule has 2 fully saturated rings. The van der Waals surface area contributed by atoms with Crippen LogP contribution in [0.1, 0.15) is 52.7 Å². The van der Waals surface area contributed by atoms with E-state index in [2.05, 4.69) is 39.0 Å². The van der Waals surface area contributed by atoms with E-state index in [-0.39, 0.29) is 48.3 Å². The first kappa shape index (κ1) is 29.3. The Balaban J connectivity index is 1.40. The van der Waals surface area contributed by atoms with Crippen LogP contribution in [0.15, 0.2) is 30.7 Å². The SMILES string of the molecule is CCS(=O)(=O)C[C@H]1CN(c2cnc(C(C)C)c3cc(Nc4ccnc(N5CC[C@](C)(O)C(F)(F)C5)n4)ncc23)[C@@H]1C. The van der Waals surface area contributed by atoms with Gasteiger partial charge in [-0.1, -0.05) is 20.8 Å². The van der Waals surface area contributed by atoms with Gasteiger partial charge in [0.05, 0.1) is 29.9 Å². The van der Waals surface area contributed by atoms with Crippen LogP contribution in [0.2, 0.25) is 0 Å². The van der Waals surface area contributed by atoms with Gasteiger partial charge in [0, 0.05) is 54.0 Å². The minimum atomic E-state index is -3.30. The number of aliphatic hydroxyl groups is 1. The number of aromatic nitrogens is 4. The van der Waals surface area contributed by atoms with Crippen molar-refractivity contribution in [2.24, 2.45) is 5.92 Å². The third kappa shape index (κ3) is 5.66. The number of sulfone groups is 1. The van der Waals surface area contributed by atoms with Gasteiger partial charge in [-0.2, -0.15) is 4.98 Å². The van der Waals surface area contributed by atoms with E-state index in [9.17, 15) is 22.3 Å². The maximum atomic E-state index is 14.5. The molecule has 3 atom stereocenters. The summed E-state index contributed by atoms with van der Waals surface area (Å²) >= 11 is 0. The number of pyridine rings is 2. The van der Waals surface area contributed by atoms with E-state index >= 15 is 0 Å². The Morgan fingerprint density at radius 3 is 2.59 bits per heavy atom. The zero-order valence-electron chi connectivity index (χ0n) is 24.0. The van der Waals surface area contributed by atoms with Crippen LogP contribution < -0.4 is 15.1 Å². The highest BCUT2D eigenvalue weighted by molar-refractivity contribution is 7.91. The van der Waals surface area contributed by atoms with Crippen molar-refractivity contribution in [3.05, 3.63) is 36.4 Å². The number of halogens is 2. The number of fused-ring (bicyclic) bond motifs is 1. The molecule has 2 N–H and O–H groups in total. The van der Waals surface area contributed by atoms with Crippen molar-refractivity contribution < 1.29 is 22.3 Å². The van der Waals surface area contributed by atoms with Crippen LogP contribution in [-0.4, -0.2) is 82.2 Å². The molecule has 0 unspecified atom stereocenters. The molecule has 0 radical (unpaired) electrons. The van der Waals surface area contributed by atoms with Crippen LogP contribution in [0.25, 0.3) is 10.8 Å². The lowest BCUT2D eigenvalue weighted by molar-refractivity contribution is -0.177. The summed E-state index contributed by atoms with van der Waals surface area (Å²) in [6.45, 7) is 9.15. The summed E-state index contributed by atoms with van der Waals surface area (Å²) in [5, 5.41) is 15.1. The quantitative estimate of drug-likeness (QED) is 0.396. The predicted molar refractivity (Wildman–Crippen MR) is 156 cm³/mol. The molecule has 5 heterocycles. The Morgan fingerprint density at radius 2 is 1.93 bits per heavy atom. The fourth-order valence-corrected chi connectivity index (χ4v) is 6.71. The summed E-state index contributed by atoms with van der Waals surface area (Å²) < 4.78 is 53.3. The Bertz CT molecular complexity index is 1550. The Hall–Kier alpha value is -3.19. The molecule has 2 saturated heterocycles. The van der Waals surface area contributed by atoms with Crippen molar-refractivity contribution in [1.29, 1.82) is 0 Å². The zero-order valence-corrected chi connectivity index (χ0v) is 24.8. The minimum Gasteiger partial charge on any atom is -0.384 e. The van der Waals surface area contributed by atoms with Crippen LogP contribution >= 0.6 is 0 Å². The lowest BCUT2D eigenvalue weighted by Crippen LogP contribution is -2.59. The second-order valence-electron chi connectivity index (χ2n) is 11.7. The molecule has 0 amide bonds. The third-order valence-electron chi connectivity index (χ3n) is 8.38. The van der Waals surface area contributed by atoms with Gasteiger partial charge in [-0.15, -0.1) is 0 Å². The van der Waals surface area contributed by atoms with Gasteiger partial charge in [-0.05, 0) is 38.3 Å². The second kappa shape index (κ2) is 10.6. The molecule has 13 heteroatoms. The second-order valence-corrected chi connectivity index (χ2v) is 14.1. The van der Waals surface area contributed by atoms with Crippen molar-refractivity contribution in [2.75, 3.05) is 46.3 Å². The average molecular weight is 590 g/mol. The lowest BCUT2D eigenvalue weighted by atomic mass is 9.90. The van der Waals surface area contributed by atoms with Crippen LogP contribution in [0.3, 0.4) is 0 Å². The van der Waals surface area contributed by atoms with Crippen molar-refractivity contribution in [3.63, 3.8) is 0 Å². The molecule has 222 valence electrons. The fourth-order valence-electron chi connectivity index (χ4n) is 5.44. The van der Waals surface area contributed by atoms with Crippen molar-refractivity contribution in [1.82, 2.24) is 19.9 Å².